The first-order valence-electron chi connectivity index (χ1n) is 6.79. The van der Waals surface area contributed by atoms with Crippen LogP contribution in [0.3, 0.4) is 0 Å². The summed E-state index contributed by atoms with van der Waals surface area (Å²) in [5, 5.41) is 0. The maximum Gasteiger partial charge on any atom is 0.241 e. The van der Waals surface area contributed by atoms with E-state index >= 15 is 0 Å². The van der Waals surface area contributed by atoms with Crippen molar-refractivity contribution in [1.82, 2.24) is 25.7 Å². The van der Waals surface area contributed by atoms with Crippen LogP contribution in [0.5, 0.6) is 0 Å². The molecule has 104 valence electrons. The predicted molar refractivity (Wildman–Crippen MR) is 69.8 cm³/mol. The Kier molecular flexibility index (Phi) is 3.50. The van der Waals surface area contributed by atoms with E-state index in [1.807, 2.05) is 11.1 Å². The van der Waals surface area contributed by atoms with E-state index in [0.29, 0.717) is 12.3 Å². The average molecular weight is 264 g/mol. The van der Waals surface area contributed by atoms with Crippen LogP contribution in [0.1, 0.15) is 31.0 Å². The number of nitrogens with two attached hydrogens (primary N) is 1. The fourth-order valence-electron chi connectivity index (χ4n) is 2.86. The maximum atomic E-state index is 12.4. The second-order valence-electron chi connectivity index (χ2n) is 5.28. The fourth-order valence-corrected chi connectivity index (χ4v) is 2.86. The molecule has 3 atom stereocenters. The number of H-pyrrole nitrogens is 1. The number of hydrogen-bond acceptors (Lipinski definition) is 5. The van der Waals surface area contributed by atoms with Gasteiger partial charge in [0.2, 0.25) is 5.91 Å². The van der Waals surface area contributed by atoms with Crippen molar-refractivity contribution in [2.75, 3.05) is 13.1 Å². The number of piperidine rings is 1. The lowest BCUT2D eigenvalue weighted by Gasteiger charge is -2.33. The van der Waals surface area contributed by atoms with Gasteiger partial charge in [-0.15, -0.1) is 0 Å². The molecule has 2 saturated heterocycles. The van der Waals surface area contributed by atoms with Gasteiger partial charge in [0.15, 0.2) is 0 Å². The summed E-state index contributed by atoms with van der Waals surface area (Å²) in [7, 11) is 0. The zero-order chi connectivity index (χ0) is 13.2. The highest BCUT2D eigenvalue weighted by atomic mass is 16.2. The number of carbonyl (C=O) groups is 1. The molecule has 0 saturated carbocycles. The average Bonchev–Trinajstić information content (AvgIpc) is 3.09. The number of rotatable bonds is 2. The Bertz CT molecular complexity index is 433. The molecule has 2 fully saturated rings. The number of aromatic nitrogens is 2. The van der Waals surface area contributed by atoms with Gasteiger partial charge in [0.25, 0.3) is 0 Å². The van der Waals surface area contributed by atoms with E-state index in [2.05, 4.69) is 20.8 Å². The number of nitrogens with one attached hydrogen (secondary N) is 3. The third-order valence-corrected chi connectivity index (χ3v) is 3.87. The van der Waals surface area contributed by atoms with Gasteiger partial charge in [0.1, 0.15) is 11.9 Å². The molecule has 1 aromatic rings. The first kappa shape index (κ1) is 12.6. The van der Waals surface area contributed by atoms with Gasteiger partial charge < -0.3 is 15.6 Å². The molecular formula is C12H20N6O. The molecule has 2 aliphatic rings. The Hall–Kier alpha value is -1.44. The van der Waals surface area contributed by atoms with Crippen LogP contribution in [0.4, 0.5) is 0 Å². The molecule has 0 spiro atoms. The van der Waals surface area contributed by atoms with Gasteiger partial charge in [0, 0.05) is 37.8 Å². The number of hydrazine groups is 1. The van der Waals surface area contributed by atoms with E-state index in [1.54, 1.807) is 6.20 Å². The molecule has 19 heavy (non-hydrogen) atoms. The van der Waals surface area contributed by atoms with E-state index in [1.165, 1.54) is 0 Å². The van der Waals surface area contributed by atoms with Crippen LogP contribution in [0, 0.1) is 0 Å². The highest BCUT2D eigenvalue weighted by molar-refractivity contribution is 5.82. The van der Waals surface area contributed by atoms with Gasteiger partial charge >= 0.3 is 0 Å². The molecule has 0 radical (unpaired) electrons. The van der Waals surface area contributed by atoms with E-state index in [-0.39, 0.29) is 18.1 Å². The van der Waals surface area contributed by atoms with Gasteiger partial charge in [0.05, 0.1) is 6.17 Å². The molecule has 5 N–H and O–H groups in total. The minimum Gasteiger partial charge on any atom is -0.348 e. The van der Waals surface area contributed by atoms with Crippen molar-refractivity contribution in [3.05, 3.63) is 18.2 Å². The van der Waals surface area contributed by atoms with Crippen LogP contribution >= 0.6 is 0 Å². The SMILES string of the molecule is NC1CC(C(=O)N2CCCC(c3ncc[nH]3)C2)NN1. The highest BCUT2D eigenvalue weighted by Gasteiger charge is 2.33. The lowest BCUT2D eigenvalue weighted by molar-refractivity contribution is -0.134. The van der Waals surface area contributed by atoms with Gasteiger partial charge in [-0.05, 0) is 12.8 Å². The number of imidazole rings is 1. The topological polar surface area (TPSA) is 99.1 Å². The molecule has 3 heterocycles. The summed E-state index contributed by atoms with van der Waals surface area (Å²) >= 11 is 0. The Morgan fingerprint density at radius 2 is 2.37 bits per heavy atom. The molecule has 0 bridgehead atoms. The van der Waals surface area contributed by atoms with Crippen molar-refractivity contribution in [3.8, 4) is 0 Å². The predicted octanol–water partition coefficient (Wildman–Crippen LogP) is -0.733. The summed E-state index contributed by atoms with van der Waals surface area (Å²) in [5.41, 5.74) is 11.6. The smallest absolute Gasteiger partial charge is 0.241 e. The van der Waals surface area contributed by atoms with Gasteiger partial charge in [-0.2, -0.15) is 0 Å². The molecule has 2 aliphatic heterocycles. The van der Waals surface area contributed by atoms with Gasteiger partial charge in [-0.25, -0.2) is 15.8 Å². The summed E-state index contributed by atoms with van der Waals surface area (Å²) in [6.07, 6.45) is 6.19. The normalized spacial score (nSPS) is 31.6. The Balaban J connectivity index is 1.63. The molecule has 0 aliphatic carbocycles. The van der Waals surface area contributed by atoms with Crippen LogP contribution in [0.2, 0.25) is 0 Å². The monoisotopic (exact) mass is 264 g/mol. The molecule has 0 aromatic carbocycles. The number of amides is 1. The first-order valence-corrected chi connectivity index (χ1v) is 6.79. The second-order valence-corrected chi connectivity index (χ2v) is 5.28. The van der Waals surface area contributed by atoms with Crippen molar-refractivity contribution in [3.63, 3.8) is 0 Å². The van der Waals surface area contributed by atoms with E-state index < -0.39 is 0 Å². The zero-order valence-corrected chi connectivity index (χ0v) is 10.8. The quantitative estimate of drug-likeness (QED) is 0.564. The van der Waals surface area contributed by atoms with E-state index in [4.69, 9.17) is 5.73 Å². The molecule has 3 unspecified atom stereocenters. The van der Waals surface area contributed by atoms with E-state index in [9.17, 15) is 4.79 Å². The third kappa shape index (κ3) is 2.63. The molecule has 3 rings (SSSR count). The minimum absolute atomic E-state index is 0.136. The van der Waals surface area contributed by atoms with Gasteiger partial charge in [-0.1, -0.05) is 0 Å². The summed E-state index contributed by atoms with van der Waals surface area (Å²) in [6, 6.07) is -0.203. The van der Waals surface area contributed by atoms with Crippen LogP contribution < -0.4 is 16.6 Å². The third-order valence-electron chi connectivity index (χ3n) is 3.87. The molecule has 7 heteroatoms. The van der Waals surface area contributed by atoms with Crippen molar-refractivity contribution in [1.29, 1.82) is 0 Å². The lowest BCUT2D eigenvalue weighted by Crippen LogP contribution is -2.49. The van der Waals surface area contributed by atoms with Crippen molar-refractivity contribution in [2.45, 2.75) is 37.4 Å². The second kappa shape index (κ2) is 5.28. The number of aromatic amines is 1. The zero-order valence-electron chi connectivity index (χ0n) is 10.8. The van der Waals surface area contributed by atoms with Crippen LogP contribution in [0.25, 0.3) is 0 Å². The molecule has 1 aromatic heterocycles. The number of carbonyl (C=O) groups excluding carboxylic acids is 1. The Morgan fingerprint density at radius 1 is 1.47 bits per heavy atom. The lowest BCUT2D eigenvalue weighted by atomic mass is 9.96. The summed E-state index contributed by atoms with van der Waals surface area (Å²) < 4.78 is 0. The number of likely N-dealkylation sites (tertiary alicyclic amines) is 1. The fraction of sp³-hybridized carbons (Fsp3) is 0.667. The van der Waals surface area contributed by atoms with E-state index in [0.717, 1.165) is 31.8 Å². The minimum atomic E-state index is -0.203. The maximum absolute atomic E-state index is 12.4. The van der Waals surface area contributed by atoms with Crippen molar-refractivity contribution in [2.24, 2.45) is 5.73 Å². The van der Waals surface area contributed by atoms with Crippen molar-refractivity contribution >= 4 is 5.91 Å². The van der Waals surface area contributed by atoms with Crippen molar-refractivity contribution < 1.29 is 4.79 Å². The largest absolute Gasteiger partial charge is 0.348 e. The number of hydrogen-bond donors (Lipinski definition) is 4. The highest BCUT2D eigenvalue weighted by Crippen LogP contribution is 2.25. The molecule has 1 amide bonds. The Morgan fingerprint density at radius 3 is 3.05 bits per heavy atom. The summed E-state index contributed by atoms with van der Waals surface area (Å²) in [5.74, 6) is 1.43. The first-order chi connectivity index (χ1) is 9.24. The van der Waals surface area contributed by atoms with Crippen LogP contribution in [-0.2, 0) is 4.79 Å². The van der Waals surface area contributed by atoms with Crippen LogP contribution in [-0.4, -0.2) is 46.1 Å². The standard InChI is InChI=1S/C12H20N6O/c13-10-6-9(16-17-10)12(19)18-5-1-2-8(7-18)11-14-3-4-15-11/h3-4,8-10,16-17H,1-2,5-7,13H2,(H,14,15). The number of nitrogens with zero attached hydrogens (tertiary/aromatic N) is 2. The molecular weight excluding hydrogens is 244 g/mol. The Labute approximate surface area is 111 Å². The summed E-state index contributed by atoms with van der Waals surface area (Å²) in [4.78, 5) is 21.8. The van der Waals surface area contributed by atoms with Crippen LogP contribution in [0.15, 0.2) is 12.4 Å². The van der Waals surface area contributed by atoms with Gasteiger partial charge in [-0.3, -0.25) is 4.79 Å². The molecule has 7 nitrogen and oxygen atoms in total. The summed E-state index contributed by atoms with van der Waals surface area (Å²) in [6.45, 7) is 1.56.